The summed E-state index contributed by atoms with van der Waals surface area (Å²) in [7, 11) is 1.64. The lowest BCUT2D eigenvalue weighted by Crippen LogP contribution is -2.41. The fraction of sp³-hybridized carbons (Fsp3) is 0.364. The van der Waals surface area contributed by atoms with E-state index in [1.807, 2.05) is 36.0 Å². The van der Waals surface area contributed by atoms with Gasteiger partial charge in [0.15, 0.2) is 5.96 Å². The van der Waals surface area contributed by atoms with Gasteiger partial charge in [0, 0.05) is 35.3 Å². The molecule has 0 atom stereocenters. The summed E-state index contributed by atoms with van der Waals surface area (Å²) in [5.74, 6) is 0.734. The van der Waals surface area contributed by atoms with Gasteiger partial charge < -0.3 is 16.0 Å². The van der Waals surface area contributed by atoms with E-state index < -0.39 is 0 Å². The van der Waals surface area contributed by atoms with Crippen LogP contribution in [0, 0.1) is 0 Å². The molecule has 2 aromatic rings. The van der Waals surface area contributed by atoms with Crippen LogP contribution < -0.4 is 16.0 Å². The van der Waals surface area contributed by atoms with E-state index >= 15 is 0 Å². The van der Waals surface area contributed by atoms with Gasteiger partial charge in [-0.15, -0.1) is 35.7 Å². The summed E-state index contributed by atoms with van der Waals surface area (Å²) >= 11 is 1.95. The number of nitrogens with zero attached hydrogens (tertiary/aromatic N) is 1. The number of carbonyl (C=O) groups is 1. The van der Waals surface area contributed by atoms with E-state index in [0.29, 0.717) is 12.1 Å². The normalized spacial score (nSPS) is 14.5. The highest BCUT2D eigenvalue weighted by Crippen LogP contribution is 2.51. The maximum Gasteiger partial charge on any atom is 0.251 e. The molecule has 1 saturated carbocycles. The standard InChI is InChI=1S/C22H28N4OS.HI/c1-3-24-21(25-15-17-8-7-9-18(14-17)20(27)23-2)26-16-22(12-13-22)28-19-10-5-4-6-11-19;/h4-11,14H,3,12-13,15-16H2,1-2H3,(H,23,27)(H2,24,25,26);1H. The first-order valence-electron chi connectivity index (χ1n) is 9.71. The van der Waals surface area contributed by atoms with Crippen LogP contribution in [0.1, 0.15) is 35.7 Å². The molecule has 1 aliphatic rings. The number of thioether (sulfide) groups is 1. The number of carbonyl (C=O) groups excluding carboxylic acids is 1. The van der Waals surface area contributed by atoms with Crippen LogP contribution in [-0.2, 0) is 6.54 Å². The lowest BCUT2D eigenvalue weighted by Gasteiger charge is -2.18. The summed E-state index contributed by atoms with van der Waals surface area (Å²) < 4.78 is 0.261. The highest BCUT2D eigenvalue weighted by Gasteiger charge is 2.43. The molecular weight excluding hydrogens is 495 g/mol. The maximum absolute atomic E-state index is 11.8. The third-order valence-electron chi connectivity index (χ3n) is 4.64. The lowest BCUT2D eigenvalue weighted by molar-refractivity contribution is 0.0963. The molecule has 2 aromatic carbocycles. The number of hydrogen-bond acceptors (Lipinski definition) is 3. The molecule has 0 heterocycles. The molecular formula is C22H29IN4OS. The molecule has 0 aromatic heterocycles. The molecule has 0 saturated heterocycles. The molecule has 0 radical (unpaired) electrons. The molecule has 29 heavy (non-hydrogen) atoms. The van der Waals surface area contributed by atoms with Crippen molar-refractivity contribution in [2.45, 2.75) is 36.0 Å². The van der Waals surface area contributed by atoms with E-state index in [1.165, 1.54) is 17.7 Å². The molecule has 3 N–H and O–H groups in total. The van der Waals surface area contributed by atoms with Gasteiger partial charge in [0.1, 0.15) is 0 Å². The Balaban J connectivity index is 0.00000300. The van der Waals surface area contributed by atoms with Crippen molar-refractivity contribution >= 4 is 47.6 Å². The van der Waals surface area contributed by atoms with Crippen molar-refractivity contribution in [1.82, 2.24) is 16.0 Å². The van der Waals surface area contributed by atoms with Crippen LogP contribution in [0.5, 0.6) is 0 Å². The van der Waals surface area contributed by atoms with Crippen LogP contribution in [0.3, 0.4) is 0 Å². The average Bonchev–Trinajstić information content (AvgIpc) is 3.50. The van der Waals surface area contributed by atoms with Crippen molar-refractivity contribution in [3.05, 3.63) is 65.7 Å². The molecule has 1 aliphatic carbocycles. The van der Waals surface area contributed by atoms with E-state index in [0.717, 1.165) is 24.6 Å². The Hall–Kier alpha value is -1.74. The Morgan fingerprint density at radius 1 is 1.10 bits per heavy atom. The van der Waals surface area contributed by atoms with E-state index in [9.17, 15) is 4.79 Å². The number of rotatable bonds is 8. The molecule has 0 unspecified atom stereocenters. The molecule has 7 heteroatoms. The minimum atomic E-state index is -0.0792. The SMILES string of the molecule is CCNC(=NCc1cccc(C(=O)NC)c1)NCC1(Sc2ccccc2)CC1.I. The minimum Gasteiger partial charge on any atom is -0.357 e. The molecule has 1 amide bonds. The molecule has 0 bridgehead atoms. The Morgan fingerprint density at radius 2 is 1.86 bits per heavy atom. The number of hydrogen-bond donors (Lipinski definition) is 3. The van der Waals surface area contributed by atoms with Crippen molar-refractivity contribution in [2.75, 3.05) is 20.1 Å². The van der Waals surface area contributed by atoms with Crippen LogP contribution in [-0.4, -0.2) is 36.8 Å². The second-order valence-corrected chi connectivity index (χ2v) is 8.47. The first-order valence-corrected chi connectivity index (χ1v) is 10.5. The van der Waals surface area contributed by atoms with E-state index in [-0.39, 0.29) is 34.6 Å². The number of amides is 1. The first kappa shape index (κ1) is 23.5. The van der Waals surface area contributed by atoms with Gasteiger partial charge >= 0.3 is 0 Å². The maximum atomic E-state index is 11.8. The number of nitrogens with one attached hydrogen (secondary N) is 3. The van der Waals surface area contributed by atoms with Crippen molar-refractivity contribution in [2.24, 2.45) is 4.99 Å². The van der Waals surface area contributed by atoms with E-state index in [4.69, 9.17) is 4.99 Å². The fourth-order valence-electron chi connectivity index (χ4n) is 2.91. The minimum absolute atomic E-state index is 0. The van der Waals surface area contributed by atoms with Crippen LogP contribution in [0.2, 0.25) is 0 Å². The zero-order valence-corrected chi connectivity index (χ0v) is 20.1. The zero-order chi connectivity index (χ0) is 19.8. The lowest BCUT2D eigenvalue weighted by atomic mass is 10.1. The highest BCUT2D eigenvalue weighted by molar-refractivity contribution is 14.0. The second kappa shape index (κ2) is 11.4. The molecule has 5 nitrogen and oxygen atoms in total. The number of guanidine groups is 1. The predicted octanol–water partition coefficient (Wildman–Crippen LogP) is 4.04. The summed E-state index contributed by atoms with van der Waals surface area (Å²) in [6.45, 7) is 4.29. The first-order chi connectivity index (χ1) is 13.6. The van der Waals surface area contributed by atoms with Gasteiger partial charge in [-0.1, -0.05) is 30.3 Å². The monoisotopic (exact) mass is 524 g/mol. The summed E-state index contributed by atoms with van der Waals surface area (Å²) in [5, 5.41) is 9.47. The van der Waals surface area contributed by atoms with Crippen LogP contribution in [0.15, 0.2) is 64.5 Å². The van der Waals surface area contributed by atoms with E-state index in [2.05, 4.69) is 53.2 Å². The van der Waals surface area contributed by atoms with Gasteiger partial charge in [0.05, 0.1) is 6.54 Å². The topological polar surface area (TPSA) is 65.5 Å². The summed E-state index contributed by atoms with van der Waals surface area (Å²) in [5.41, 5.74) is 1.67. The molecule has 3 rings (SSSR count). The molecule has 0 aliphatic heterocycles. The van der Waals surface area contributed by atoms with Gasteiger partial charge in [0.25, 0.3) is 5.91 Å². The quantitative estimate of drug-likeness (QED) is 0.277. The third kappa shape index (κ3) is 7.22. The summed E-state index contributed by atoms with van der Waals surface area (Å²) in [6.07, 6.45) is 2.43. The Labute approximate surface area is 194 Å². The molecule has 0 spiro atoms. The Bertz CT molecular complexity index is 825. The summed E-state index contributed by atoms with van der Waals surface area (Å²) in [4.78, 5) is 17.8. The highest BCUT2D eigenvalue weighted by atomic mass is 127. The Morgan fingerprint density at radius 3 is 2.52 bits per heavy atom. The third-order valence-corrected chi connectivity index (χ3v) is 6.14. The number of aliphatic imine (C=N–C) groups is 1. The summed E-state index contributed by atoms with van der Waals surface area (Å²) in [6, 6.07) is 18.2. The van der Waals surface area contributed by atoms with Gasteiger partial charge in [0.2, 0.25) is 0 Å². The van der Waals surface area contributed by atoms with Crippen molar-refractivity contribution in [1.29, 1.82) is 0 Å². The average molecular weight is 524 g/mol. The largest absolute Gasteiger partial charge is 0.357 e. The van der Waals surface area contributed by atoms with Gasteiger partial charge in [-0.05, 0) is 49.6 Å². The second-order valence-electron chi connectivity index (χ2n) is 6.93. The smallest absolute Gasteiger partial charge is 0.251 e. The predicted molar refractivity (Wildman–Crippen MR) is 132 cm³/mol. The van der Waals surface area contributed by atoms with Crippen molar-refractivity contribution < 1.29 is 4.79 Å². The van der Waals surface area contributed by atoms with Crippen LogP contribution >= 0.6 is 35.7 Å². The molecule has 156 valence electrons. The van der Waals surface area contributed by atoms with Crippen molar-refractivity contribution in [3.63, 3.8) is 0 Å². The number of halogens is 1. The van der Waals surface area contributed by atoms with Gasteiger partial charge in [-0.25, -0.2) is 4.99 Å². The van der Waals surface area contributed by atoms with Gasteiger partial charge in [-0.3, -0.25) is 4.79 Å². The van der Waals surface area contributed by atoms with Crippen LogP contribution in [0.25, 0.3) is 0 Å². The van der Waals surface area contributed by atoms with Crippen LogP contribution in [0.4, 0.5) is 0 Å². The van der Waals surface area contributed by atoms with Crippen molar-refractivity contribution in [3.8, 4) is 0 Å². The van der Waals surface area contributed by atoms with Gasteiger partial charge in [-0.2, -0.15) is 0 Å². The fourth-order valence-corrected chi connectivity index (χ4v) is 4.15. The number of benzene rings is 2. The Kier molecular flexibility index (Phi) is 9.29. The van der Waals surface area contributed by atoms with E-state index in [1.54, 1.807) is 7.05 Å². The molecule has 1 fully saturated rings. The zero-order valence-electron chi connectivity index (χ0n) is 16.9.